The average Bonchev–Trinajstić information content (AvgIpc) is 3.17. The van der Waals surface area contributed by atoms with Crippen LogP contribution >= 0.6 is 15.6 Å². The lowest BCUT2D eigenvalue weighted by atomic mass is 9.85. The minimum atomic E-state index is -5.39. The molecule has 0 amide bonds. The van der Waals surface area contributed by atoms with Crippen LogP contribution in [0.5, 0.6) is 0 Å². The molecular weight excluding hydrogens is 798 g/mol. The lowest BCUT2D eigenvalue weighted by molar-refractivity contribution is -0.216. The molecule has 1 aliphatic carbocycles. The number of terminal acetylenes is 1. The Morgan fingerprint density at radius 2 is 1.05 bits per heavy atom. The molecule has 1 rings (SSSR count). The zero-order valence-electron chi connectivity index (χ0n) is 32.1. The Hall–Kier alpha value is -4.08. The maximum Gasteiger partial charge on any atom is 0.472 e. The highest BCUT2D eigenvalue weighted by Gasteiger charge is 2.54. The molecule has 0 heterocycles. The predicted octanol–water partition coefficient (Wildman–Crippen LogP) is 2.01. The number of rotatable bonds is 24. The summed E-state index contributed by atoms with van der Waals surface area (Å²) in [5.74, 6) is 27.9. The summed E-state index contributed by atoms with van der Waals surface area (Å²) in [5, 5.41) is 40.9. The molecule has 0 radical (unpaired) electrons. The van der Waals surface area contributed by atoms with Crippen molar-refractivity contribution in [2.75, 3.05) is 13.2 Å². The van der Waals surface area contributed by atoms with E-state index in [-0.39, 0.29) is 6.42 Å². The molecule has 16 nitrogen and oxygen atoms in total. The van der Waals surface area contributed by atoms with Crippen molar-refractivity contribution >= 4 is 27.6 Å². The molecule has 0 saturated heterocycles. The van der Waals surface area contributed by atoms with Crippen molar-refractivity contribution in [2.24, 2.45) is 0 Å². The largest absolute Gasteiger partial charge is 0.472 e. The molecule has 0 aliphatic heterocycles. The number of hydrogen-bond donors (Lipinski definition) is 7. The van der Waals surface area contributed by atoms with E-state index in [0.29, 0.717) is 6.42 Å². The molecule has 1 saturated carbocycles. The summed E-state index contributed by atoms with van der Waals surface area (Å²) in [4.78, 5) is 53.5. The van der Waals surface area contributed by atoms with Crippen molar-refractivity contribution in [1.82, 2.24) is 0 Å². The smallest absolute Gasteiger partial charge is 0.456 e. The quantitative estimate of drug-likeness (QED) is 0.0241. The molecule has 0 aromatic carbocycles. The number of aliphatic hydroxyl groups is 4. The summed E-state index contributed by atoms with van der Waals surface area (Å²) < 4.78 is 48.4. The van der Waals surface area contributed by atoms with Gasteiger partial charge in [0, 0.05) is 12.3 Å². The summed E-state index contributed by atoms with van der Waals surface area (Å²) in [7, 11) is -10.8. The van der Waals surface area contributed by atoms with Gasteiger partial charge in [0.2, 0.25) is 0 Å². The summed E-state index contributed by atoms with van der Waals surface area (Å²) in [6, 6.07) is 0. The first-order valence-corrected chi connectivity index (χ1v) is 21.6. The molecule has 7 N–H and O–H groups in total. The van der Waals surface area contributed by atoms with Crippen LogP contribution in [0, 0.1) is 83.4 Å². The Balaban J connectivity index is 2.83. The molecule has 1 aliphatic rings. The van der Waals surface area contributed by atoms with Crippen molar-refractivity contribution in [2.45, 2.75) is 140 Å². The molecule has 0 aromatic heterocycles. The van der Waals surface area contributed by atoms with Crippen LogP contribution in [0.3, 0.4) is 0 Å². The van der Waals surface area contributed by atoms with Gasteiger partial charge in [-0.2, -0.15) is 0 Å². The van der Waals surface area contributed by atoms with E-state index in [4.69, 9.17) is 34.7 Å². The number of carbonyl (C=O) groups excluding carboxylic acids is 2. The van der Waals surface area contributed by atoms with Gasteiger partial charge in [-0.15, -0.1) is 6.42 Å². The molecule has 0 aromatic rings. The maximum absolute atomic E-state index is 12.9. The van der Waals surface area contributed by atoms with Gasteiger partial charge in [-0.25, -0.2) is 13.9 Å². The summed E-state index contributed by atoms with van der Waals surface area (Å²) in [6.45, 7) is 0.506. The highest BCUT2D eigenvalue weighted by molar-refractivity contribution is 7.47. The van der Waals surface area contributed by atoms with E-state index >= 15 is 0 Å². The van der Waals surface area contributed by atoms with E-state index in [9.17, 15) is 44.0 Å². The number of phosphoric ester groups is 2. The standard InChI is InChI=1S/C40H50O16P2/c1-3-5-7-9-11-13-15-17-19-21-23-25-27-29-34(42)54-32(30-52-33(41)28-26-24-22-20-18-16-14-12-10-8-6-4-2)31-53-58(50,51)56-40-37(45)35(43)36(44)39(38(40)46)55-57(47,48)49/h2,32,35-40,43-46H,3,5,7,9,11,13,15,17,19,21,23,25,27,29-31H2,1H3,(H,50,51)(H2,47,48,49)/t32-,35?,36+,37+,38?,39-,40?/m1/s1. The van der Waals surface area contributed by atoms with E-state index in [0.717, 1.165) is 32.1 Å². The fourth-order valence-corrected chi connectivity index (χ4v) is 6.74. The number of ether oxygens (including phenoxy) is 2. The van der Waals surface area contributed by atoms with Crippen LogP contribution in [-0.4, -0.2) is 103 Å². The van der Waals surface area contributed by atoms with Crippen LogP contribution in [0.15, 0.2) is 0 Å². The van der Waals surface area contributed by atoms with E-state index in [1.807, 2.05) is 5.92 Å². The van der Waals surface area contributed by atoms with Gasteiger partial charge in [0.1, 0.15) is 43.2 Å². The maximum atomic E-state index is 12.9. The highest BCUT2D eigenvalue weighted by atomic mass is 31.2. The van der Waals surface area contributed by atoms with Crippen molar-refractivity contribution in [1.29, 1.82) is 0 Å². The molecule has 58 heavy (non-hydrogen) atoms. The number of aliphatic hydroxyl groups excluding tert-OH is 4. The summed E-state index contributed by atoms with van der Waals surface area (Å²) in [5.41, 5.74) is 0. The number of unbranched alkanes of at least 4 members (excludes halogenated alkanes) is 12. The molecule has 316 valence electrons. The SMILES string of the molecule is C#CC#CC#CC#CC#CC#CC#CC(=O)OC[C@H](COP(=O)(O)OC1C(O)[C@H](OP(=O)(O)O)[C@@H](O)C(O)[C@@H]1O)OC(=O)CCCCCCCCCCCCCCC. The fraction of sp³-hybridized carbons (Fsp3) is 0.600. The molecule has 18 heteroatoms. The number of carbonyl (C=O) groups is 2. The van der Waals surface area contributed by atoms with Gasteiger partial charge in [0.15, 0.2) is 6.10 Å². The third kappa shape index (κ3) is 24.6. The lowest BCUT2D eigenvalue weighted by Crippen LogP contribution is -2.64. The number of phosphoric acid groups is 2. The summed E-state index contributed by atoms with van der Waals surface area (Å²) >= 11 is 0. The Labute approximate surface area is 340 Å². The Kier molecular flexibility index (Phi) is 26.9. The Morgan fingerprint density at radius 3 is 1.53 bits per heavy atom. The van der Waals surface area contributed by atoms with Crippen molar-refractivity contribution in [3.05, 3.63) is 0 Å². The minimum Gasteiger partial charge on any atom is -0.456 e. The molecule has 0 bridgehead atoms. The topological polar surface area (TPSA) is 256 Å². The predicted molar refractivity (Wildman–Crippen MR) is 208 cm³/mol. The van der Waals surface area contributed by atoms with Gasteiger partial charge in [-0.05, 0) is 77.5 Å². The second-order valence-corrected chi connectivity index (χ2v) is 15.3. The molecular formula is C40H50O16P2. The Bertz CT molecular complexity index is 1830. The van der Waals surface area contributed by atoms with Gasteiger partial charge < -0.3 is 44.6 Å². The van der Waals surface area contributed by atoms with E-state index in [2.05, 4.69) is 82.5 Å². The normalized spacial score (nSPS) is 20.9. The van der Waals surface area contributed by atoms with Gasteiger partial charge >= 0.3 is 27.6 Å². The third-order valence-corrected chi connectivity index (χ3v) is 9.53. The average molecular weight is 849 g/mol. The molecule has 1 fully saturated rings. The Morgan fingerprint density at radius 1 is 0.603 bits per heavy atom. The molecule has 4 unspecified atom stereocenters. The zero-order chi connectivity index (χ0) is 43.2. The second kappa shape index (κ2) is 30.0. The summed E-state index contributed by atoms with van der Waals surface area (Å²) in [6.07, 6.45) is 3.80. The molecule has 0 spiro atoms. The van der Waals surface area contributed by atoms with Crippen molar-refractivity contribution in [3.63, 3.8) is 0 Å². The van der Waals surface area contributed by atoms with Gasteiger partial charge in [-0.3, -0.25) is 18.4 Å². The number of esters is 2. The zero-order valence-corrected chi connectivity index (χ0v) is 33.9. The van der Waals surface area contributed by atoms with Crippen molar-refractivity contribution < 1.29 is 76.9 Å². The van der Waals surface area contributed by atoms with Gasteiger partial charge in [0.05, 0.1) is 6.61 Å². The first-order valence-electron chi connectivity index (χ1n) is 18.6. The minimum absolute atomic E-state index is 0.0373. The molecule has 8 atom stereocenters. The van der Waals surface area contributed by atoms with Gasteiger partial charge in [-0.1, -0.05) is 84.0 Å². The number of hydrogen-bond acceptors (Lipinski definition) is 13. The second-order valence-electron chi connectivity index (χ2n) is 12.7. The van der Waals surface area contributed by atoms with Crippen LogP contribution in [0.25, 0.3) is 0 Å². The highest BCUT2D eigenvalue weighted by Crippen LogP contribution is 2.49. The first kappa shape index (κ1) is 51.9. The van der Waals surface area contributed by atoms with Crippen LogP contribution in [0.2, 0.25) is 0 Å². The van der Waals surface area contributed by atoms with Crippen molar-refractivity contribution in [3.8, 4) is 83.4 Å². The van der Waals surface area contributed by atoms with Crippen LogP contribution in [0.4, 0.5) is 0 Å². The van der Waals surface area contributed by atoms with Crippen LogP contribution in [-0.2, 0) is 41.8 Å². The monoisotopic (exact) mass is 848 g/mol. The van der Waals surface area contributed by atoms with Crippen LogP contribution in [0.1, 0.15) is 96.8 Å². The van der Waals surface area contributed by atoms with E-state index in [1.54, 1.807) is 0 Å². The fourth-order valence-electron chi connectivity index (χ4n) is 5.20. The lowest BCUT2D eigenvalue weighted by Gasteiger charge is -2.43. The van der Waals surface area contributed by atoms with Crippen LogP contribution < -0.4 is 0 Å². The van der Waals surface area contributed by atoms with E-state index < -0.39 is 83.5 Å². The first-order chi connectivity index (χ1) is 27.6. The third-order valence-electron chi connectivity index (χ3n) is 8.03. The van der Waals surface area contributed by atoms with E-state index in [1.165, 1.54) is 44.9 Å². The van der Waals surface area contributed by atoms with Gasteiger partial charge in [0.25, 0.3) is 0 Å².